The van der Waals surface area contributed by atoms with Crippen LogP contribution in [0.5, 0.6) is 0 Å². The number of aryl methyl sites for hydroxylation is 2. The van der Waals surface area contributed by atoms with Gasteiger partial charge >= 0.3 is 0 Å². The second-order valence-electron chi connectivity index (χ2n) is 6.29. The zero-order chi connectivity index (χ0) is 14.9. The highest BCUT2D eigenvalue weighted by atomic mass is 14.9. The van der Waals surface area contributed by atoms with E-state index in [0.717, 1.165) is 0 Å². The van der Waals surface area contributed by atoms with Gasteiger partial charge in [0.25, 0.3) is 0 Å². The van der Waals surface area contributed by atoms with Crippen molar-refractivity contribution < 1.29 is 4.57 Å². The van der Waals surface area contributed by atoms with Crippen LogP contribution in [-0.2, 0) is 7.05 Å². The second-order valence-corrected chi connectivity index (χ2v) is 6.29. The summed E-state index contributed by atoms with van der Waals surface area (Å²) < 4.78 is 2.16. The molecule has 0 aliphatic rings. The molecule has 106 valence electrons. The Labute approximate surface area is 123 Å². The molecule has 1 nitrogen and oxygen atoms in total. The highest BCUT2D eigenvalue weighted by Gasteiger charge is 2.16. The number of hydrogen-bond donors (Lipinski definition) is 0. The van der Waals surface area contributed by atoms with Gasteiger partial charge in [-0.2, -0.15) is 0 Å². The molecule has 0 saturated carbocycles. The van der Waals surface area contributed by atoms with E-state index in [9.17, 15) is 0 Å². The van der Waals surface area contributed by atoms with Gasteiger partial charge in [0, 0.05) is 19.1 Å². The smallest absolute Gasteiger partial charge is 0.178 e. The molecule has 0 aliphatic carbocycles. The van der Waals surface area contributed by atoms with Crippen LogP contribution in [0.15, 0.2) is 36.5 Å². The van der Waals surface area contributed by atoms with Crippen molar-refractivity contribution in [3.8, 4) is 11.1 Å². The van der Waals surface area contributed by atoms with Crippen molar-refractivity contribution in [3.05, 3.63) is 53.3 Å². The normalized spacial score (nSPS) is 11.4. The predicted octanol–water partition coefficient (Wildman–Crippen LogP) is 4.73. The minimum atomic E-state index is 0.540. The van der Waals surface area contributed by atoms with Gasteiger partial charge in [-0.25, -0.2) is 4.57 Å². The summed E-state index contributed by atoms with van der Waals surface area (Å²) in [4.78, 5) is 0. The Balaban J connectivity index is 2.72. The highest BCUT2D eigenvalue weighted by Crippen LogP contribution is 2.35. The fraction of sp³-hybridized carbons (Fsp3) is 0.421. The molecule has 0 spiro atoms. The maximum absolute atomic E-state index is 2.30. The van der Waals surface area contributed by atoms with Crippen molar-refractivity contribution in [1.29, 1.82) is 0 Å². The van der Waals surface area contributed by atoms with E-state index in [1.165, 1.54) is 27.9 Å². The fourth-order valence-electron chi connectivity index (χ4n) is 2.72. The minimum absolute atomic E-state index is 0.540. The van der Waals surface area contributed by atoms with Gasteiger partial charge in [-0.15, -0.1) is 0 Å². The van der Waals surface area contributed by atoms with Crippen LogP contribution in [-0.4, -0.2) is 0 Å². The van der Waals surface area contributed by atoms with Crippen LogP contribution in [0, 0.1) is 6.92 Å². The molecular formula is C19H26N+. The molecule has 0 atom stereocenters. The first kappa shape index (κ1) is 14.8. The first-order valence-corrected chi connectivity index (χ1v) is 7.51. The lowest BCUT2D eigenvalue weighted by molar-refractivity contribution is -0.677. The van der Waals surface area contributed by atoms with E-state index in [1.54, 1.807) is 0 Å². The van der Waals surface area contributed by atoms with Gasteiger partial charge in [0.2, 0.25) is 0 Å². The summed E-state index contributed by atoms with van der Waals surface area (Å²) in [5.74, 6) is 1.08. The summed E-state index contributed by atoms with van der Waals surface area (Å²) in [5.41, 5.74) is 6.96. The molecule has 1 heterocycles. The van der Waals surface area contributed by atoms with Crippen LogP contribution in [0.2, 0.25) is 0 Å². The van der Waals surface area contributed by atoms with E-state index >= 15 is 0 Å². The van der Waals surface area contributed by atoms with Gasteiger partial charge in [-0.1, -0.05) is 45.9 Å². The second kappa shape index (κ2) is 5.78. The Morgan fingerprint density at radius 2 is 1.45 bits per heavy atom. The Morgan fingerprint density at radius 3 is 1.90 bits per heavy atom. The van der Waals surface area contributed by atoms with Crippen LogP contribution < -0.4 is 4.57 Å². The van der Waals surface area contributed by atoms with Crippen molar-refractivity contribution in [3.63, 3.8) is 0 Å². The average molecular weight is 268 g/mol. The largest absolute Gasteiger partial charge is 0.205 e. The van der Waals surface area contributed by atoms with Crippen LogP contribution >= 0.6 is 0 Å². The van der Waals surface area contributed by atoms with Crippen molar-refractivity contribution in [2.24, 2.45) is 7.05 Å². The van der Waals surface area contributed by atoms with Gasteiger partial charge in [0.05, 0.1) is 0 Å². The molecule has 0 unspecified atom stereocenters. The average Bonchev–Trinajstić information content (AvgIpc) is 2.41. The summed E-state index contributed by atoms with van der Waals surface area (Å²) >= 11 is 0. The molecule has 0 amide bonds. The molecule has 0 N–H and O–H groups in total. The van der Waals surface area contributed by atoms with Crippen molar-refractivity contribution in [2.45, 2.75) is 46.5 Å². The Morgan fingerprint density at radius 1 is 0.900 bits per heavy atom. The third kappa shape index (κ3) is 2.77. The summed E-state index contributed by atoms with van der Waals surface area (Å²) in [6.45, 7) is 11.3. The van der Waals surface area contributed by atoms with E-state index in [2.05, 4.69) is 82.8 Å². The number of rotatable bonds is 3. The van der Waals surface area contributed by atoms with Crippen molar-refractivity contribution in [2.75, 3.05) is 0 Å². The lowest BCUT2D eigenvalue weighted by Crippen LogP contribution is -2.30. The highest BCUT2D eigenvalue weighted by molar-refractivity contribution is 5.72. The molecule has 1 aromatic heterocycles. The standard InChI is InChI=1S/C19H26N/c1-13(2)17-8-7-9-18(14(3)4)19(17)16-10-11-20(6)15(5)12-16/h7-14H,1-6H3/q+1. The summed E-state index contributed by atoms with van der Waals surface area (Å²) in [6.07, 6.45) is 2.16. The minimum Gasteiger partial charge on any atom is -0.205 e. The molecule has 0 aliphatic heterocycles. The maximum atomic E-state index is 2.30. The first-order valence-electron chi connectivity index (χ1n) is 7.51. The predicted molar refractivity (Wildman–Crippen MR) is 86.0 cm³/mol. The van der Waals surface area contributed by atoms with Gasteiger partial charge in [0.15, 0.2) is 11.9 Å². The Kier molecular flexibility index (Phi) is 4.27. The van der Waals surface area contributed by atoms with Crippen LogP contribution in [0.25, 0.3) is 11.1 Å². The molecule has 2 aromatic rings. The number of benzene rings is 1. The van der Waals surface area contributed by atoms with Crippen LogP contribution in [0.1, 0.15) is 56.4 Å². The van der Waals surface area contributed by atoms with E-state index in [4.69, 9.17) is 0 Å². The SMILES string of the molecule is Cc1cc(-c2c(C(C)C)cccc2C(C)C)cc[n+]1C. The molecule has 2 rings (SSSR count). The summed E-state index contributed by atoms with van der Waals surface area (Å²) in [7, 11) is 2.09. The number of aromatic nitrogens is 1. The summed E-state index contributed by atoms with van der Waals surface area (Å²) in [5, 5.41) is 0. The Bertz CT molecular complexity index is 583. The van der Waals surface area contributed by atoms with E-state index in [-0.39, 0.29) is 0 Å². The van der Waals surface area contributed by atoms with Crippen LogP contribution in [0.3, 0.4) is 0 Å². The lowest BCUT2D eigenvalue weighted by Gasteiger charge is -2.19. The van der Waals surface area contributed by atoms with Gasteiger partial charge < -0.3 is 0 Å². The molecule has 0 radical (unpaired) electrons. The third-order valence-corrected chi connectivity index (χ3v) is 4.06. The topological polar surface area (TPSA) is 3.88 Å². The molecule has 0 fully saturated rings. The van der Waals surface area contributed by atoms with E-state index in [1.807, 2.05) is 0 Å². The number of hydrogen-bond acceptors (Lipinski definition) is 0. The quantitative estimate of drug-likeness (QED) is 0.708. The molecule has 1 aromatic carbocycles. The monoisotopic (exact) mass is 268 g/mol. The fourth-order valence-corrected chi connectivity index (χ4v) is 2.72. The lowest BCUT2D eigenvalue weighted by atomic mass is 9.85. The zero-order valence-corrected chi connectivity index (χ0v) is 13.6. The van der Waals surface area contributed by atoms with Crippen molar-refractivity contribution in [1.82, 2.24) is 0 Å². The molecular weight excluding hydrogens is 242 g/mol. The zero-order valence-electron chi connectivity index (χ0n) is 13.6. The first-order chi connectivity index (χ1) is 9.41. The van der Waals surface area contributed by atoms with Gasteiger partial charge in [-0.05, 0) is 34.1 Å². The van der Waals surface area contributed by atoms with Crippen LogP contribution in [0.4, 0.5) is 0 Å². The molecule has 0 bridgehead atoms. The van der Waals surface area contributed by atoms with Crippen molar-refractivity contribution >= 4 is 0 Å². The maximum Gasteiger partial charge on any atom is 0.178 e. The van der Waals surface area contributed by atoms with E-state index in [0.29, 0.717) is 11.8 Å². The molecule has 0 saturated heterocycles. The Hall–Kier alpha value is -1.63. The summed E-state index contributed by atoms with van der Waals surface area (Å²) in [6, 6.07) is 11.3. The van der Waals surface area contributed by atoms with Gasteiger partial charge in [-0.3, -0.25) is 0 Å². The number of nitrogens with zero attached hydrogens (tertiary/aromatic N) is 1. The third-order valence-electron chi connectivity index (χ3n) is 4.06. The number of pyridine rings is 1. The van der Waals surface area contributed by atoms with Gasteiger partial charge in [0.1, 0.15) is 7.05 Å². The molecule has 1 heteroatoms. The van der Waals surface area contributed by atoms with E-state index < -0.39 is 0 Å². The molecule has 20 heavy (non-hydrogen) atoms.